The summed E-state index contributed by atoms with van der Waals surface area (Å²) >= 11 is 6.00. The minimum Gasteiger partial charge on any atom is -0.494 e. The van der Waals surface area contributed by atoms with Crippen LogP contribution in [0.2, 0.25) is 5.02 Å². The lowest BCUT2D eigenvalue weighted by atomic mass is 10.1. The second kappa shape index (κ2) is 7.13. The van der Waals surface area contributed by atoms with Crippen molar-refractivity contribution in [3.63, 3.8) is 0 Å². The molecule has 1 N–H and O–H groups in total. The second-order valence-electron chi connectivity index (χ2n) is 4.45. The summed E-state index contributed by atoms with van der Waals surface area (Å²) in [6.07, 6.45) is 1.88. The van der Waals surface area contributed by atoms with E-state index in [0.717, 1.165) is 11.3 Å². The molecule has 2 rings (SSSR count). The molecule has 1 aromatic carbocycles. The van der Waals surface area contributed by atoms with Crippen LogP contribution in [0.3, 0.4) is 0 Å². The van der Waals surface area contributed by atoms with Gasteiger partial charge in [0.2, 0.25) is 0 Å². The maximum atomic E-state index is 11.9. The molecule has 6 heteroatoms. The Morgan fingerprint density at radius 3 is 2.95 bits per heavy atom. The third-order valence-corrected chi connectivity index (χ3v) is 3.20. The third kappa shape index (κ3) is 3.98. The molecule has 21 heavy (non-hydrogen) atoms. The van der Waals surface area contributed by atoms with Gasteiger partial charge in [-0.25, -0.2) is 4.98 Å². The molecule has 0 unspecified atom stereocenters. The molecule has 0 atom stereocenters. The minimum absolute atomic E-state index is 0.249. The number of benzene rings is 1. The fourth-order valence-electron chi connectivity index (χ4n) is 1.96. The number of amides is 1. The Bertz CT molecular complexity index is 625. The number of rotatable bonds is 6. The zero-order valence-corrected chi connectivity index (χ0v) is 12.7. The second-order valence-corrected chi connectivity index (χ2v) is 4.88. The summed E-state index contributed by atoms with van der Waals surface area (Å²) in [6, 6.07) is 5.47. The highest BCUT2D eigenvalue weighted by Gasteiger charge is 2.13. The molecule has 0 aliphatic carbocycles. The summed E-state index contributed by atoms with van der Waals surface area (Å²) in [5, 5.41) is 3.45. The smallest absolute Gasteiger partial charge is 0.273 e. The van der Waals surface area contributed by atoms with Crippen molar-refractivity contribution in [2.45, 2.75) is 20.3 Å². The molecule has 0 saturated carbocycles. The third-order valence-electron chi connectivity index (χ3n) is 2.96. The SMILES string of the molecule is CCOc1ccc(Cl)cc1CCNC(=O)c1ncoc1C. The van der Waals surface area contributed by atoms with E-state index in [-0.39, 0.29) is 5.91 Å². The van der Waals surface area contributed by atoms with E-state index in [2.05, 4.69) is 10.3 Å². The molecule has 1 aromatic heterocycles. The first kappa shape index (κ1) is 15.4. The number of halogens is 1. The van der Waals surface area contributed by atoms with Crippen LogP contribution in [0.25, 0.3) is 0 Å². The maximum Gasteiger partial charge on any atom is 0.273 e. The first-order valence-electron chi connectivity index (χ1n) is 6.71. The lowest BCUT2D eigenvalue weighted by Gasteiger charge is -2.11. The predicted molar refractivity (Wildman–Crippen MR) is 79.9 cm³/mol. The predicted octanol–water partition coefficient (Wildman–Crippen LogP) is 3.01. The van der Waals surface area contributed by atoms with Gasteiger partial charge in [-0.1, -0.05) is 11.6 Å². The van der Waals surface area contributed by atoms with Crippen molar-refractivity contribution >= 4 is 17.5 Å². The number of nitrogens with zero attached hydrogens (tertiary/aromatic N) is 1. The molecule has 0 fully saturated rings. The van der Waals surface area contributed by atoms with E-state index < -0.39 is 0 Å². The van der Waals surface area contributed by atoms with Crippen LogP contribution in [0.1, 0.15) is 28.7 Å². The van der Waals surface area contributed by atoms with Gasteiger partial charge in [0.05, 0.1) is 6.61 Å². The molecule has 1 heterocycles. The van der Waals surface area contributed by atoms with Gasteiger partial charge in [0.1, 0.15) is 11.5 Å². The van der Waals surface area contributed by atoms with Crippen molar-refractivity contribution in [1.82, 2.24) is 10.3 Å². The monoisotopic (exact) mass is 308 g/mol. The van der Waals surface area contributed by atoms with Gasteiger partial charge < -0.3 is 14.5 Å². The average Bonchev–Trinajstić information content (AvgIpc) is 2.88. The number of carbonyl (C=O) groups is 1. The molecule has 2 aromatic rings. The zero-order valence-electron chi connectivity index (χ0n) is 12.0. The zero-order chi connectivity index (χ0) is 15.2. The van der Waals surface area contributed by atoms with Gasteiger partial charge in [0, 0.05) is 11.6 Å². The highest BCUT2D eigenvalue weighted by molar-refractivity contribution is 6.30. The Kier molecular flexibility index (Phi) is 5.22. The van der Waals surface area contributed by atoms with Gasteiger partial charge in [-0.3, -0.25) is 4.79 Å². The normalized spacial score (nSPS) is 10.4. The fourth-order valence-corrected chi connectivity index (χ4v) is 2.15. The largest absolute Gasteiger partial charge is 0.494 e. The van der Waals surface area contributed by atoms with Crippen molar-refractivity contribution in [2.24, 2.45) is 0 Å². The van der Waals surface area contributed by atoms with Gasteiger partial charge in [-0.15, -0.1) is 0 Å². The average molecular weight is 309 g/mol. The Morgan fingerprint density at radius 1 is 1.48 bits per heavy atom. The molecule has 0 bridgehead atoms. The van der Waals surface area contributed by atoms with Gasteiger partial charge >= 0.3 is 0 Å². The van der Waals surface area contributed by atoms with Gasteiger partial charge in [0.25, 0.3) is 5.91 Å². The summed E-state index contributed by atoms with van der Waals surface area (Å²) < 4.78 is 10.5. The number of ether oxygens (including phenoxy) is 1. The first-order valence-corrected chi connectivity index (χ1v) is 7.09. The highest BCUT2D eigenvalue weighted by Crippen LogP contribution is 2.23. The van der Waals surface area contributed by atoms with E-state index in [4.69, 9.17) is 20.8 Å². The van der Waals surface area contributed by atoms with E-state index in [1.54, 1.807) is 13.0 Å². The standard InChI is InChI=1S/C15H17ClN2O3/c1-3-20-13-5-4-12(16)8-11(13)6-7-17-15(19)14-10(2)21-9-18-14/h4-5,8-9H,3,6-7H2,1-2H3,(H,17,19). The van der Waals surface area contributed by atoms with Crippen LogP contribution in [0.15, 0.2) is 29.0 Å². The van der Waals surface area contributed by atoms with E-state index in [1.165, 1.54) is 6.39 Å². The number of carbonyl (C=O) groups excluding carboxylic acids is 1. The van der Waals surface area contributed by atoms with Crippen molar-refractivity contribution in [3.8, 4) is 5.75 Å². The van der Waals surface area contributed by atoms with Crippen molar-refractivity contribution < 1.29 is 13.9 Å². The number of aromatic nitrogens is 1. The van der Waals surface area contributed by atoms with Crippen LogP contribution in [0.5, 0.6) is 5.75 Å². The van der Waals surface area contributed by atoms with Crippen LogP contribution in [0.4, 0.5) is 0 Å². The molecule has 0 radical (unpaired) electrons. The van der Waals surface area contributed by atoms with Crippen LogP contribution in [0, 0.1) is 6.92 Å². The van der Waals surface area contributed by atoms with Crippen molar-refractivity contribution in [3.05, 3.63) is 46.6 Å². The van der Waals surface area contributed by atoms with Crippen molar-refractivity contribution in [1.29, 1.82) is 0 Å². The van der Waals surface area contributed by atoms with Crippen LogP contribution in [-0.4, -0.2) is 24.0 Å². The number of hydrogen-bond acceptors (Lipinski definition) is 4. The van der Waals surface area contributed by atoms with Crippen molar-refractivity contribution in [2.75, 3.05) is 13.2 Å². The van der Waals surface area contributed by atoms with Gasteiger partial charge in [-0.2, -0.15) is 0 Å². The molecule has 112 valence electrons. The van der Waals surface area contributed by atoms with E-state index in [9.17, 15) is 4.79 Å². The number of nitrogens with one attached hydrogen (secondary N) is 1. The van der Waals surface area contributed by atoms with E-state index >= 15 is 0 Å². The van der Waals surface area contributed by atoms with E-state index in [1.807, 2.05) is 19.1 Å². The molecule has 0 saturated heterocycles. The molecular formula is C15H17ClN2O3. The molecular weight excluding hydrogens is 292 g/mol. The van der Waals surface area contributed by atoms with Crippen LogP contribution in [-0.2, 0) is 6.42 Å². The van der Waals surface area contributed by atoms with Crippen LogP contribution >= 0.6 is 11.6 Å². The Hall–Kier alpha value is -2.01. The fraction of sp³-hybridized carbons (Fsp3) is 0.333. The number of aryl methyl sites for hydroxylation is 1. The quantitative estimate of drug-likeness (QED) is 0.891. The lowest BCUT2D eigenvalue weighted by molar-refractivity contribution is 0.0948. The van der Waals surface area contributed by atoms with E-state index in [0.29, 0.717) is 36.0 Å². The summed E-state index contributed by atoms with van der Waals surface area (Å²) in [5.74, 6) is 1.04. The Balaban J connectivity index is 1.96. The van der Waals surface area contributed by atoms with Crippen LogP contribution < -0.4 is 10.1 Å². The summed E-state index contributed by atoms with van der Waals surface area (Å²) in [5.41, 5.74) is 1.27. The minimum atomic E-state index is -0.249. The summed E-state index contributed by atoms with van der Waals surface area (Å²) in [7, 11) is 0. The Labute approximate surface area is 128 Å². The highest BCUT2D eigenvalue weighted by atomic mass is 35.5. The summed E-state index contributed by atoms with van der Waals surface area (Å²) in [4.78, 5) is 15.8. The first-order chi connectivity index (χ1) is 10.1. The lowest BCUT2D eigenvalue weighted by Crippen LogP contribution is -2.26. The Morgan fingerprint density at radius 2 is 2.29 bits per heavy atom. The number of oxazole rings is 1. The molecule has 0 aliphatic heterocycles. The summed E-state index contributed by atoms with van der Waals surface area (Å²) in [6.45, 7) is 4.67. The van der Waals surface area contributed by atoms with Gasteiger partial charge in [0.15, 0.2) is 12.1 Å². The maximum absolute atomic E-state index is 11.9. The molecule has 0 spiro atoms. The molecule has 5 nitrogen and oxygen atoms in total. The van der Waals surface area contributed by atoms with Gasteiger partial charge in [-0.05, 0) is 44.0 Å². The topological polar surface area (TPSA) is 64.4 Å². The molecule has 0 aliphatic rings. The molecule has 1 amide bonds. The number of hydrogen-bond donors (Lipinski definition) is 1.